The topological polar surface area (TPSA) is 67.8 Å². The minimum atomic E-state index is -0.571. The average molecular weight is 198 g/mol. The Morgan fingerprint density at radius 3 is 3.00 bits per heavy atom. The van der Waals surface area contributed by atoms with Crippen LogP contribution >= 0.6 is 0 Å². The molecule has 1 rings (SSSR count). The van der Waals surface area contributed by atoms with Gasteiger partial charge in [-0.2, -0.15) is 5.10 Å². The van der Waals surface area contributed by atoms with E-state index in [-0.39, 0.29) is 5.78 Å². The Morgan fingerprint density at radius 1 is 1.57 bits per heavy atom. The highest BCUT2D eigenvalue weighted by Crippen LogP contribution is 2.11. The van der Waals surface area contributed by atoms with Gasteiger partial charge in [0, 0.05) is 18.6 Å². The van der Waals surface area contributed by atoms with E-state index in [1.54, 1.807) is 6.92 Å². The number of hydrazone groups is 1. The van der Waals surface area contributed by atoms with Crippen LogP contribution in [0.3, 0.4) is 0 Å². The molecule has 0 aliphatic heterocycles. The molecule has 1 saturated carbocycles. The van der Waals surface area contributed by atoms with E-state index in [0.717, 1.165) is 18.6 Å². The predicted octanol–water partition coefficient (Wildman–Crippen LogP) is 1.23. The van der Waals surface area contributed by atoms with Crippen molar-refractivity contribution in [3.63, 3.8) is 0 Å². The van der Waals surface area contributed by atoms with Crippen LogP contribution in [0.5, 0.6) is 0 Å². The van der Waals surface area contributed by atoms with Crippen molar-refractivity contribution < 1.29 is 14.3 Å². The summed E-state index contributed by atoms with van der Waals surface area (Å²) in [4.78, 5) is 21.9. The molecule has 0 atom stereocenters. The molecule has 78 valence electrons. The molecule has 1 aliphatic carbocycles. The highest BCUT2D eigenvalue weighted by Gasteiger charge is 2.14. The summed E-state index contributed by atoms with van der Waals surface area (Å²) in [5.41, 5.74) is 2.98. The van der Waals surface area contributed by atoms with Crippen LogP contribution in [0.1, 0.15) is 32.6 Å². The fourth-order valence-electron chi connectivity index (χ4n) is 1.28. The minimum absolute atomic E-state index is 0.181. The zero-order valence-corrected chi connectivity index (χ0v) is 8.21. The first-order chi connectivity index (χ1) is 6.72. The van der Waals surface area contributed by atoms with Crippen molar-refractivity contribution in [3.8, 4) is 0 Å². The second kappa shape index (κ2) is 5.36. The number of carbonyl (C=O) groups is 2. The van der Waals surface area contributed by atoms with Crippen LogP contribution in [0.15, 0.2) is 5.10 Å². The molecule has 14 heavy (non-hydrogen) atoms. The molecule has 5 heteroatoms. The van der Waals surface area contributed by atoms with Gasteiger partial charge in [0.15, 0.2) is 0 Å². The van der Waals surface area contributed by atoms with Crippen LogP contribution < -0.4 is 5.43 Å². The van der Waals surface area contributed by atoms with E-state index >= 15 is 0 Å². The van der Waals surface area contributed by atoms with Crippen LogP contribution in [0.2, 0.25) is 0 Å². The van der Waals surface area contributed by atoms with Crippen molar-refractivity contribution in [2.45, 2.75) is 32.6 Å². The van der Waals surface area contributed by atoms with E-state index in [4.69, 9.17) is 0 Å². The molecule has 0 saturated heterocycles. The van der Waals surface area contributed by atoms with Gasteiger partial charge in [-0.15, -0.1) is 0 Å². The van der Waals surface area contributed by atoms with Gasteiger partial charge < -0.3 is 4.74 Å². The fraction of sp³-hybridized carbons (Fsp3) is 0.667. The Kier molecular flexibility index (Phi) is 4.10. The molecule has 0 spiro atoms. The lowest BCUT2D eigenvalue weighted by Crippen LogP contribution is -2.23. The van der Waals surface area contributed by atoms with Crippen LogP contribution in [0, 0.1) is 0 Å². The highest BCUT2D eigenvalue weighted by atomic mass is 16.5. The first-order valence-electron chi connectivity index (χ1n) is 4.72. The lowest BCUT2D eigenvalue weighted by Gasteiger charge is -2.11. The van der Waals surface area contributed by atoms with Crippen LogP contribution in [0.4, 0.5) is 4.79 Å². The molecule has 1 N–H and O–H groups in total. The quantitative estimate of drug-likeness (QED) is 0.678. The summed E-state index contributed by atoms with van der Waals surface area (Å²) in [6.07, 6.45) is 2.00. The summed E-state index contributed by atoms with van der Waals surface area (Å²) in [5.74, 6) is 0.181. The Labute approximate surface area is 82.5 Å². The second-order valence-electron chi connectivity index (χ2n) is 3.08. The second-order valence-corrected chi connectivity index (χ2v) is 3.08. The van der Waals surface area contributed by atoms with E-state index in [9.17, 15) is 9.59 Å². The molecule has 0 aromatic rings. The summed E-state index contributed by atoms with van der Waals surface area (Å²) >= 11 is 0. The third-order valence-corrected chi connectivity index (χ3v) is 1.90. The summed E-state index contributed by atoms with van der Waals surface area (Å²) < 4.78 is 4.62. The number of ketones is 1. The molecular weight excluding hydrogens is 184 g/mol. The zero-order valence-electron chi connectivity index (χ0n) is 8.21. The molecule has 0 aromatic carbocycles. The van der Waals surface area contributed by atoms with Gasteiger partial charge in [-0.1, -0.05) is 0 Å². The van der Waals surface area contributed by atoms with E-state index in [0.29, 0.717) is 19.4 Å². The lowest BCUT2D eigenvalue weighted by molar-refractivity contribution is -0.118. The van der Waals surface area contributed by atoms with Gasteiger partial charge in [-0.05, 0) is 19.8 Å². The third kappa shape index (κ3) is 3.55. The Hall–Kier alpha value is -1.39. The van der Waals surface area contributed by atoms with Crippen molar-refractivity contribution in [2.24, 2.45) is 5.10 Å². The molecular formula is C9H14N2O3. The van der Waals surface area contributed by atoms with Gasteiger partial charge in [-0.3, -0.25) is 4.79 Å². The molecule has 0 aromatic heterocycles. The standard InChI is InChI=1S/C9H14N2O3/c1-2-14-9(13)11-10-7-4-3-5-8(12)6-7/h2-6H2,1H3,(H,11,13)/b10-7+. The van der Waals surface area contributed by atoms with Crippen molar-refractivity contribution in [1.82, 2.24) is 5.43 Å². The van der Waals surface area contributed by atoms with E-state index in [2.05, 4.69) is 15.3 Å². The number of rotatable bonds is 2. The molecule has 1 amide bonds. The van der Waals surface area contributed by atoms with Crippen LogP contribution in [-0.4, -0.2) is 24.2 Å². The molecule has 1 aliphatic rings. The van der Waals surface area contributed by atoms with Crippen LogP contribution in [-0.2, 0) is 9.53 Å². The fourth-order valence-corrected chi connectivity index (χ4v) is 1.28. The summed E-state index contributed by atoms with van der Waals surface area (Å²) in [6, 6.07) is 0. The lowest BCUT2D eigenvalue weighted by atomic mass is 9.97. The Morgan fingerprint density at radius 2 is 2.36 bits per heavy atom. The Bertz CT molecular complexity index is 261. The van der Waals surface area contributed by atoms with E-state index in [1.807, 2.05) is 0 Å². The SMILES string of the molecule is CCOC(=O)N/N=C1\CCCC(=O)C1. The maximum atomic E-state index is 11.0. The minimum Gasteiger partial charge on any atom is -0.449 e. The first-order valence-corrected chi connectivity index (χ1v) is 4.72. The predicted molar refractivity (Wildman–Crippen MR) is 51.1 cm³/mol. The van der Waals surface area contributed by atoms with Crippen molar-refractivity contribution in [1.29, 1.82) is 0 Å². The van der Waals surface area contributed by atoms with Crippen molar-refractivity contribution in [2.75, 3.05) is 6.61 Å². The number of Topliss-reactive ketones (excluding diaryl/α,β-unsaturated/α-hetero) is 1. The summed E-state index contributed by atoms with van der Waals surface area (Å²) in [7, 11) is 0. The average Bonchev–Trinajstić information content (AvgIpc) is 2.15. The summed E-state index contributed by atoms with van der Waals surface area (Å²) in [5, 5.41) is 3.82. The smallest absolute Gasteiger partial charge is 0.427 e. The number of carbonyl (C=O) groups excluding carboxylic acids is 2. The number of amides is 1. The number of hydrogen-bond donors (Lipinski definition) is 1. The summed E-state index contributed by atoms with van der Waals surface area (Å²) in [6.45, 7) is 2.03. The maximum Gasteiger partial charge on any atom is 0.427 e. The number of nitrogens with zero attached hydrogens (tertiary/aromatic N) is 1. The molecule has 1 fully saturated rings. The monoisotopic (exact) mass is 198 g/mol. The van der Waals surface area contributed by atoms with Gasteiger partial charge in [-0.25, -0.2) is 10.2 Å². The maximum absolute atomic E-state index is 11.0. The largest absolute Gasteiger partial charge is 0.449 e. The highest BCUT2D eigenvalue weighted by molar-refractivity contribution is 6.04. The van der Waals surface area contributed by atoms with Crippen molar-refractivity contribution >= 4 is 17.6 Å². The molecule has 5 nitrogen and oxygen atoms in total. The number of hydrogen-bond acceptors (Lipinski definition) is 4. The molecule has 0 bridgehead atoms. The molecule has 0 unspecified atom stereocenters. The van der Waals surface area contributed by atoms with Gasteiger partial charge in [0.2, 0.25) is 0 Å². The zero-order chi connectivity index (χ0) is 10.4. The van der Waals surface area contributed by atoms with E-state index < -0.39 is 6.09 Å². The van der Waals surface area contributed by atoms with Gasteiger partial charge in [0.05, 0.1) is 6.61 Å². The van der Waals surface area contributed by atoms with Gasteiger partial charge >= 0.3 is 6.09 Å². The van der Waals surface area contributed by atoms with Gasteiger partial charge in [0.1, 0.15) is 5.78 Å². The normalized spacial score (nSPS) is 19.5. The number of ether oxygens (including phenoxy) is 1. The van der Waals surface area contributed by atoms with Crippen molar-refractivity contribution in [3.05, 3.63) is 0 Å². The molecule has 0 heterocycles. The Balaban J connectivity index is 2.36. The first kappa shape index (κ1) is 10.7. The molecule has 0 radical (unpaired) electrons. The third-order valence-electron chi connectivity index (χ3n) is 1.90. The van der Waals surface area contributed by atoms with Gasteiger partial charge in [0.25, 0.3) is 0 Å². The van der Waals surface area contributed by atoms with E-state index in [1.165, 1.54) is 0 Å². The van der Waals surface area contributed by atoms with Crippen LogP contribution in [0.25, 0.3) is 0 Å². The number of nitrogens with one attached hydrogen (secondary N) is 1.